The Morgan fingerprint density at radius 3 is 2.71 bits per heavy atom. The van der Waals surface area contributed by atoms with Crippen molar-refractivity contribution in [3.63, 3.8) is 0 Å². The molecular weight excluding hydrogens is 236 g/mol. The van der Waals surface area contributed by atoms with E-state index in [1.54, 1.807) is 7.11 Å². The molecule has 0 aliphatic carbocycles. The van der Waals surface area contributed by atoms with Crippen LogP contribution in [0.1, 0.15) is 24.5 Å². The van der Waals surface area contributed by atoms with Crippen LogP contribution in [0, 0.1) is 12.8 Å². The van der Waals surface area contributed by atoms with Gasteiger partial charge in [-0.15, -0.1) is 0 Å². The van der Waals surface area contributed by atoms with Crippen molar-refractivity contribution in [3.8, 4) is 0 Å². The number of halogens is 1. The van der Waals surface area contributed by atoms with E-state index >= 15 is 0 Å². The molecule has 17 heavy (non-hydrogen) atoms. The molecule has 0 aromatic heterocycles. The van der Waals surface area contributed by atoms with E-state index in [2.05, 4.69) is 6.92 Å². The van der Waals surface area contributed by atoms with Gasteiger partial charge in [0.2, 0.25) is 0 Å². The SMILES string of the molecule is COCC(C)CC(O)Cc1ccc(C)cc1Cl. The maximum Gasteiger partial charge on any atom is 0.0584 e. The van der Waals surface area contributed by atoms with Crippen LogP contribution in [-0.4, -0.2) is 24.9 Å². The molecule has 0 aliphatic rings. The Balaban J connectivity index is 2.52. The van der Waals surface area contributed by atoms with Crippen LogP contribution >= 0.6 is 11.6 Å². The molecule has 0 fully saturated rings. The van der Waals surface area contributed by atoms with Crippen molar-refractivity contribution in [3.05, 3.63) is 34.3 Å². The maximum atomic E-state index is 9.98. The molecule has 1 aromatic carbocycles. The Kier molecular flexibility index (Phi) is 5.96. The summed E-state index contributed by atoms with van der Waals surface area (Å²) in [5.74, 6) is 0.360. The van der Waals surface area contributed by atoms with Crippen LogP contribution in [0.2, 0.25) is 5.02 Å². The molecule has 1 aromatic rings. The zero-order valence-corrected chi connectivity index (χ0v) is 11.5. The minimum absolute atomic E-state index is 0.360. The minimum Gasteiger partial charge on any atom is -0.393 e. The first-order valence-corrected chi connectivity index (χ1v) is 6.32. The van der Waals surface area contributed by atoms with Crippen molar-refractivity contribution in [1.29, 1.82) is 0 Å². The first-order chi connectivity index (χ1) is 8.02. The van der Waals surface area contributed by atoms with Crippen molar-refractivity contribution in [2.24, 2.45) is 5.92 Å². The van der Waals surface area contributed by atoms with Crippen LogP contribution in [-0.2, 0) is 11.2 Å². The van der Waals surface area contributed by atoms with E-state index in [0.717, 1.165) is 22.6 Å². The topological polar surface area (TPSA) is 29.5 Å². The summed E-state index contributed by atoms with van der Waals surface area (Å²) in [6, 6.07) is 5.94. The van der Waals surface area contributed by atoms with Crippen LogP contribution in [0.25, 0.3) is 0 Å². The number of hydrogen-bond acceptors (Lipinski definition) is 2. The number of rotatable bonds is 6. The summed E-state index contributed by atoms with van der Waals surface area (Å²) in [5, 5.41) is 10.7. The zero-order chi connectivity index (χ0) is 12.8. The van der Waals surface area contributed by atoms with Crippen LogP contribution < -0.4 is 0 Å². The molecule has 96 valence electrons. The minimum atomic E-state index is -0.361. The fourth-order valence-corrected chi connectivity index (χ4v) is 2.28. The fraction of sp³-hybridized carbons (Fsp3) is 0.571. The monoisotopic (exact) mass is 256 g/mol. The number of ether oxygens (including phenoxy) is 1. The van der Waals surface area contributed by atoms with E-state index in [4.69, 9.17) is 16.3 Å². The third-order valence-corrected chi connectivity index (χ3v) is 3.14. The third kappa shape index (κ3) is 5.07. The van der Waals surface area contributed by atoms with Gasteiger partial charge in [-0.25, -0.2) is 0 Å². The molecule has 2 atom stereocenters. The fourth-order valence-electron chi connectivity index (χ4n) is 1.97. The third-order valence-electron chi connectivity index (χ3n) is 2.79. The highest BCUT2D eigenvalue weighted by molar-refractivity contribution is 6.31. The first kappa shape index (κ1) is 14.5. The van der Waals surface area contributed by atoms with Gasteiger partial charge in [-0.1, -0.05) is 30.7 Å². The Labute approximate surface area is 109 Å². The van der Waals surface area contributed by atoms with E-state index in [-0.39, 0.29) is 6.10 Å². The van der Waals surface area contributed by atoms with Gasteiger partial charge in [-0.2, -0.15) is 0 Å². The quantitative estimate of drug-likeness (QED) is 0.847. The molecule has 1 N–H and O–H groups in total. The van der Waals surface area contributed by atoms with Gasteiger partial charge in [0, 0.05) is 18.7 Å². The summed E-state index contributed by atoms with van der Waals surface area (Å²) in [4.78, 5) is 0. The summed E-state index contributed by atoms with van der Waals surface area (Å²) in [5.41, 5.74) is 2.15. The maximum absolute atomic E-state index is 9.98. The smallest absolute Gasteiger partial charge is 0.0584 e. The van der Waals surface area contributed by atoms with E-state index in [1.807, 2.05) is 25.1 Å². The first-order valence-electron chi connectivity index (χ1n) is 5.95. The van der Waals surface area contributed by atoms with Crippen molar-refractivity contribution < 1.29 is 9.84 Å². The number of hydrogen-bond donors (Lipinski definition) is 1. The molecule has 2 nitrogen and oxygen atoms in total. The molecule has 3 heteroatoms. The van der Waals surface area contributed by atoms with Crippen LogP contribution in [0.4, 0.5) is 0 Å². The number of methoxy groups -OCH3 is 1. The van der Waals surface area contributed by atoms with Crippen molar-refractivity contribution >= 4 is 11.6 Å². The van der Waals surface area contributed by atoms with Gasteiger partial charge < -0.3 is 9.84 Å². The standard InChI is InChI=1S/C14H21ClO2/c1-10-4-5-12(14(15)7-10)8-13(16)6-11(2)9-17-3/h4-5,7,11,13,16H,6,8-9H2,1-3H3. The Morgan fingerprint density at radius 1 is 1.41 bits per heavy atom. The lowest BCUT2D eigenvalue weighted by atomic mass is 9.98. The van der Waals surface area contributed by atoms with Crippen LogP contribution in [0.3, 0.4) is 0 Å². The highest BCUT2D eigenvalue weighted by Crippen LogP contribution is 2.20. The molecule has 0 aliphatic heterocycles. The summed E-state index contributed by atoms with van der Waals surface area (Å²) < 4.78 is 5.06. The van der Waals surface area contributed by atoms with Gasteiger partial charge in [-0.3, -0.25) is 0 Å². The number of benzene rings is 1. The van der Waals surface area contributed by atoms with Crippen LogP contribution in [0.15, 0.2) is 18.2 Å². The lowest BCUT2D eigenvalue weighted by molar-refractivity contribution is 0.102. The summed E-state index contributed by atoms with van der Waals surface area (Å²) in [7, 11) is 1.68. The number of aryl methyl sites for hydroxylation is 1. The Bertz CT molecular complexity index is 352. The predicted octanol–water partition coefficient (Wildman–Crippen LogP) is 3.22. The molecule has 2 unspecified atom stereocenters. The molecule has 0 radical (unpaired) electrons. The van der Waals surface area contributed by atoms with Gasteiger partial charge >= 0.3 is 0 Å². The van der Waals surface area contributed by atoms with Crippen molar-refractivity contribution in [2.45, 2.75) is 32.8 Å². The normalized spacial score (nSPS) is 14.6. The zero-order valence-electron chi connectivity index (χ0n) is 10.7. The molecule has 0 bridgehead atoms. The average molecular weight is 257 g/mol. The summed E-state index contributed by atoms with van der Waals surface area (Å²) in [6.07, 6.45) is 0.978. The summed E-state index contributed by atoms with van der Waals surface area (Å²) >= 11 is 6.14. The van der Waals surface area contributed by atoms with Crippen molar-refractivity contribution in [1.82, 2.24) is 0 Å². The lowest BCUT2D eigenvalue weighted by Gasteiger charge is -2.16. The van der Waals surface area contributed by atoms with Gasteiger partial charge in [0.1, 0.15) is 0 Å². The predicted molar refractivity (Wildman–Crippen MR) is 71.6 cm³/mol. The number of aliphatic hydroxyl groups is 1. The largest absolute Gasteiger partial charge is 0.393 e. The van der Waals surface area contributed by atoms with E-state index in [0.29, 0.717) is 18.9 Å². The van der Waals surface area contributed by atoms with Gasteiger partial charge in [0.15, 0.2) is 0 Å². The second kappa shape index (κ2) is 7.00. The molecule has 1 rings (SSSR count). The number of aliphatic hydroxyl groups excluding tert-OH is 1. The van der Waals surface area contributed by atoms with Gasteiger partial charge in [-0.05, 0) is 42.9 Å². The molecule has 0 heterocycles. The molecule has 0 spiro atoms. The molecular formula is C14H21ClO2. The van der Waals surface area contributed by atoms with Gasteiger partial charge in [0.05, 0.1) is 6.10 Å². The van der Waals surface area contributed by atoms with E-state index < -0.39 is 0 Å². The van der Waals surface area contributed by atoms with Crippen LogP contribution in [0.5, 0.6) is 0 Å². The molecule has 0 saturated heterocycles. The molecule has 0 saturated carbocycles. The second-order valence-corrected chi connectivity index (χ2v) is 5.16. The Hall–Kier alpha value is -0.570. The van der Waals surface area contributed by atoms with E-state index in [9.17, 15) is 5.11 Å². The average Bonchev–Trinajstić information content (AvgIpc) is 2.22. The molecule has 0 amide bonds. The summed E-state index contributed by atoms with van der Waals surface area (Å²) in [6.45, 7) is 4.76. The van der Waals surface area contributed by atoms with E-state index in [1.165, 1.54) is 0 Å². The lowest BCUT2D eigenvalue weighted by Crippen LogP contribution is -2.17. The highest BCUT2D eigenvalue weighted by atomic mass is 35.5. The Morgan fingerprint density at radius 2 is 2.12 bits per heavy atom. The van der Waals surface area contributed by atoms with Crippen molar-refractivity contribution in [2.75, 3.05) is 13.7 Å². The van der Waals surface area contributed by atoms with Gasteiger partial charge in [0.25, 0.3) is 0 Å². The second-order valence-electron chi connectivity index (χ2n) is 4.75. The highest BCUT2D eigenvalue weighted by Gasteiger charge is 2.12.